The van der Waals surface area contributed by atoms with E-state index in [0.717, 1.165) is 12.8 Å². The number of carbonyl (C=O) groups is 2. The topological polar surface area (TPSA) is 86.5 Å². The van der Waals surface area contributed by atoms with Gasteiger partial charge in [-0.25, -0.2) is 4.79 Å². The normalized spacial score (nSPS) is 18.6. The monoisotopic (exact) mass is 277 g/mol. The minimum atomic E-state index is -0.713. The molecule has 0 saturated heterocycles. The van der Waals surface area contributed by atoms with Crippen LogP contribution in [0.15, 0.2) is 18.2 Å². The van der Waals surface area contributed by atoms with Gasteiger partial charge in [0, 0.05) is 18.1 Å². The van der Waals surface area contributed by atoms with Crippen molar-refractivity contribution in [3.8, 4) is 0 Å². The molecule has 20 heavy (non-hydrogen) atoms. The zero-order valence-corrected chi connectivity index (χ0v) is 11.1. The molecule has 0 N–H and O–H groups in total. The van der Waals surface area contributed by atoms with E-state index in [-0.39, 0.29) is 22.6 Å². The van der Waals surface area contributed by atoms with E-state index < -0.39 is 17.0 Å². The molecule has 1 aliphatic rings. The summed E-state index contributed by atoms with van der Waals surface area (Å²) >= 11 is 0. The Labute approximate surface area is 115 Å². The molecule has 0 aromatic heterocycles. The summed E-state index contributed by atoms with van der Waals surface area (Å²) in [6, 6.07) is 4.24. The van der Waals surface area contributed by atoms with Crippen molar-refractivity contribution in [3.05, 3.63) is 39.4 Å². The summed E-state index contributed by atoms with van der Waals surface area (Å²) in [5, 5.41) is 10.8. The van der Waals surface area contributed by atoms with Gasteiger partial charge in [-0.1, -0.05) is 6.07 Å². The van der Waals surface area contributed by atoms with Crippen molar-refractivity contribution in [2.24, 2.45) is 0 Å². The number of benzene rings is 1. The molecule has 2 rings (SSSR count). The summed E-state index contributed by atoms with van der Waals surface area (Å²) in [5.74, 6) is -0.751. The zero-order valence-electron chi connectivity index (χ0n) is 11.1. The lowest BCUT2D eigenvalue weighted by Crippen LogP contribution is -2.30. The number of nitro benzene ring substituents is 1. The van der Waals surface area contributed by atoms with Crippen LogP contribution in [0, 0.1) is 17.0 Å². The SMILES string of the molecule is Cc1c(C(=O)OC2CCCCC2=O)cccc1[N+](=O)[O-]. The third kappa shape index (κ3) is 2.84. The molecular formula is C14H15NO5. The first-order valence-electron chi connectivity index (χ1n) is 6.48. The van der Waals surface area contributed by atoms with Crippen molar-refractivity contribution in [1.29, 1.82) is 0 Å². The number of carbonyl (C=O) groups excluding carboxylic acids is 2. The van der Waals surface area contributed by atoms with Crippen LogP contribution >= 0.6 is 0 Å². The van der Waals surface area contributed by atoms with Gasteiger partial charge in [-0.15, -0.1) is 0 Å². The van der Waals surface area contributed by atoms with Crippen LogP contribution in [0.1, 0.15) is 41.6 Å². The Morgan fingerprint density at radius 2 is 2.15 bits per heavy atom. The van der Waals surface area contributed by atoms with Crippen molar-refractivity contribution in [2.45, 2.75) is 38.7 Å². The lowest BCUT2D eigenvalue weighted by Gasteiger charge is -2.20. The lowest BCUT2D eigenvalue weighted by molar-refractivity contribution is -0.385. The van der Waals surface area contributed by atoms with Gasteiger partial charge >= 0.3 is 5.97 Å². The molecule has 0 spiro atoms. The molecule has 0 heterocycles. The number of hydrogen-bond donors (Lipinski definition) is 0. The predicted molar refractivity (Wildman–Crippen MR) is 70.5 cm³/mol. The highest BCUT2D eigenvalue weighted by Gasteiger charge is 2.27. The van der Waals surface area contributed by atoms with Gasteiger partial charge in [0.25, 0.3) is 5.69 Å². The fraction of sp³-hybridized carbons (Fsp3) is 0.429. The van der Waals surface area contributed by atoms with Gasteiger partial charge in [-0.3, -0.25) is 14.9 Å². The quantitative estimate of drug-likeness (QED) is 0.481. The number of nitro groups is 1. The number of ketones is 1. The Kier molecular flexibility index (Phi) is 4.12. The van der Waals surface area contributed by atoms with Crippen LogP contribution in [0.4, 0.5) is 5.69 Å². The van der Waals surface area contributed by atoms with E-state index in [9.17, 15) is 19.7 Å². The summed E-state index contributed by atoms with van der Waals surface area (Å²) in [4.78, 5) is 34.0. The van der Waals surface area contributed by atoms with Gasteiger partial charge in [-0.2, -0.15) is 0 Å². The summed E-state index contributed by atoms with van der Waals surface area (Å²) in [6.45, 7) is 1.50. The van der Waals surface area contributed by atoms with E-state index in [1.165, 1.54) is 25.1 Å². The molecule has 1 atom stereocenters. The van der Waals surface area contributed by atoms with Crippen LogP contribution < -0.4 is 0 Å². The number of nitrogens with zero attached hydrogens (tertiary/aromatic N) is 1. The molecule has 0 bridgehead atoms. The van der Waals surface area contributed by atoms with E-state index in [4.69, 9.17) is 4.74 Å². The number of hydrogen-bond acceptors (Lipinski definition) is 5. The van der Waals surface area contributed by atoms with Crippen LogP contribution in [0.5, 0.6) is 0 Å². The Morgan fingerprint density at radius 1 is 1.40 bits per heavy atom. The van der Waals surface area contributed by atoms with Gasteiger partial charge in [-0.05, 0) is 32.3 Å². The average Bonchev–Trinajstić information content (AvgIpc) is 2.41. The first-order chi connectivity index (χ1) is 9.50. The first-order valence-corrected chi connectivity index (χ1v) is 6.48. The molecule has 6 heteroatoms. The van der Waals surface area contributed by atoms with E-state index in [0.29, 0.717) is 12.8 Å². The predicted octanol–water partition coefficient (Wildman–Crippen LogP) is 2.57. The average molecular weight is 277 g/mol. The van der Waals surface area contributed by atoms with Gasteiger partial charge < -0.3 is 4.74 Å². The molecule has 1 aromatic rings. The lowest BCUT2D eigenvalue weighted by atomic mass is 9.96. The number of Topliss-reactive ketones (excluding diaryl/α,β-unsaturated/α-hetero) is 1. The highest BCUT2D eigenvalue weighted by molar-refractivity contribution is 5.95. The summed E-state index contributed by atoms with van der Waals surface area (Å²) in [6.07, 6.45) is 1.90. The van der Waals surface area contributed by atoms with E-state index >= 15 is 0 Å². The van der Waals surface area contributed by atoms with E-state index in [1.807, 2.05) is 0 Å². The Hall–Kier alpha value is -2.24. The molecule has 0 amide bonds. The molecule has 106 valence electrons. The number of esters is 1. The van der Waals surface area contributed by atoms with Gasteiger partial charge in [0.1, 0.15) is 0 Å². The van der Waals surface area contributed by atoms with Gasteiger partial charge in [0.15, 0.2) is 11.9 Å². The van der Waals surface area contributed by atoms with Crippen LogP contribution in [-0.4, -0.2) is 22.8 Å². The molecule has 0 aliphatic heterocycles. The van der Waals surface area contributed by atoms with Crippen molar-refractivity contribution < 1.29 is 19.2 Å². The van der Waals surface area contributed by atoms with Crippen LogP contribution in [0.2, 0.25) is 0 Å². The maximum Gasteiger partial charge on any atom is 0.339 e. The summed E-state index contributed by atoms with van der Waals surface area (Å²) in [7, 11) is 0. The molecule has 0 radical (unpaired) electrons. The van der Waals surface area contributed by atoms with Crippen molar-refractivity contribution in [3.63, 3.8) is 0 Å². The Balaban J connectivity index is 2.19. The Bertz CT molecular complexity index is 567. The molecule has 1 aliphatic carbocycles. The molecule has 1 fully saturated rings. The second kappa shape index (κ2) is 5.81. The molecule has 1 saturated carbocycles. The largest absolute Gasteiger partial charge is 0.451 e. The number of ether oxygens (including phenoxy) is 1. The molecule has 1 unspecified atom stereocenters. The maximum absolute atomic E-state index is 12.1. The summed E-state index contributed by atoms with van der Waals surface area (Å²) < 4.78 is 5.19. The Morgan fingerprint density at radius 3 is 2.80 bits per heavy atom. The second-order valence-electron chi connectivity index (χ2n) is 4.81. The van der Waals surface area contributed by atoms with Crippen LogP contribution in [0.3, 0.4) is 0 Å². The first kappa shape index (κ1) is 14.2. The smallest absolute Gasteiger partial charge is 0.339 e. The van der Waals surface area contributed by atoms with Crippen LogP contribution in [-0.2, 0) is 9.53 Å². The highest BCUT2D eigenvalue weighted by Crippen LogP contribution is 2.24. The van der Waals surface area contributed by atoms with Crippen LogP contribution in [0.25, 0.3) is 0 Å². The van der Waals surface area contributed by atoms with E-state index in [1.54, 1.807) is 0 Å². The van der Waals surface area contributed by atoms with Crippen molar-refractivity contribution in [2.75, 3.05) is 0 Å². The molecule has 6 nitrogen and oxygen atoms in total. The zero-order chi connectivity index (χ0) is 14.7. The number of rotatable bonds is 3. The summed E-state index contributed by atoms with van der Waals surface area (Å²) in [5.41, 5.74) is 0.262. The third-order valence-electron chi connectivity index (χ3n) is 3.47. The van der Waals surface area contributed by atoms with Gasteiger partial charge in [0.2, 0.25) is 0 Å². The van der Waals surface area contributed by atoms with E-state index in [2.05, 4.69) is 0 Å². The minimum Gasteiger partial charge on any atom is -0.451 e. The minimum absolute atomic E-state index is 0.0762. The second-order valence-corrected chi connectivity index (χ2v) is 4.81. The third-order valence-corrected chi connectivity index (χ3v) is 3.47. The standard InChI is InChI=1S/C14H15NO5/c1-9-10(5-4-6-11(9)15(18)19)14(17)20-13-8-3-2-7-12(13)16/h4-6,13H,2-3,7-8H2,1H3. The molecular weight excluding hydrogens is 262 g/mol. The van der Waals surface area contributed by atoms with Gasteiger partial charge in [0.05, 0.1) is 10.5 Å². The molecule has 1 aromatic carbocycles. The highest BCUT2D eigenvalue weighted by atomic mass is 16.6. The van der Waals surface area contributed by atoms with Crippen molar-refractivity contribution in [1.82, 2.24) is 0 Å². The fourth-order valence-corrected chi connectivity index (χ4v) is 2.31. The maximum atomic E-state index is 12.1. The fourth-order valence-electron chi connectivity index (χ4n) is 2.31. The van der Waals surface area contributed by atoms with Crippen molar-refractivity contribution >= 4 is 17.4 Å².